The number of nitrogens with one attached hydrogen (secondary N) is 2. The normalized spacial score (nSPS) is 13.6. The maximum absolute atomic E-state index is 13.2. The first kappa shape index (κ1) is 22.6. The Bertz CT molecular complexity index is 1120. The van der Waals surface area contributed by atoms with Gasteiger partial charge in [0.15, 0.2) is 0 Å². The summed E-state index contributed by atoms with van der Waals surface area (Å²) in [7, 11) is 7.13. The monoisotopic (exact) mass is 451 g/mol. The molecule has 1 aliphatic heterocycles. The van der Waals surface area contributed by atoms with Gasteiger partial charge in [0.25, 0.3) is 5.91 Å². The molecule has 0 saturated carbocycles. The first-order chi connectivity index (χ1) is 16.0. The first-order valence-electron chi connectivity index (χ1n) is 10.7. The van der Waals surface area contributed by atoms with E-state index < -0.39 is 0 Å². The summed E-state index contributed by atoms with van der Waals surface area (Å²) in [5, 5.41) is 12.3. The van der Waals surface area contributed by atoms with E-state index in [9.17, 15) is 4.79 Å². The zero-order chi connectivity index (χ0) is 23.4. The standard InChI is InChI=1S/C23H29N7O3/c1-24-19-14-20(22(15-21(19)29(3)32-4)30-10-12-33-13-11-30)26-23(31)18-7-5-6-16(25-18)17-8-9-28(2)27-17/h5-9,14-15,24H,10-13H2,1-4H3,(H,26,31). The highest BCUT2D eigenvalue weighted by atomic mass is 16.7. The summed E-state index contributed by atoms with van der Waals surface area (Å²) >= 11 is 0. The van der Waals surface area contributed by atoms with Crippen molar-refractivity contribution in [3.05, 3.63) is 48.3 Å². The van der Waals surface area contributed by atoms with Gasteiger partial charge in [-0.1, -0.05) is 6.07 Å². The molecule has 1 fully saturated rings. The van der Waals surface area contributed by atoms with Gasteiger partial charge >= 0.3 is 0 Å². The largest absolute Gasteiger partial charge is 0.386 e. The van der Waals surface area contributed by atoms with Crippen LogP contribution in [0.5, 0.6) is 0 Å². The van der Waals surface area contributed by atoms with E-state index in [4.69, 9.17) is 9.57 Å². The number of hydrogen-bond donors (Lipinski definition) is 2. The van der Waals surface area contributed by atoms with Crippen LogP contribution >= 0.6 is 0 Å². The van der Waals surface area contributed by atoms with Gasteiger partial charge in [-0.05, 0) is 30.3 Å². The Morgan fingerprint density at radius 3 is 2.61 bits per heavy atom. The van der Waals surface area contributed by atoms with Crippen LogP contribution in [0.15, 0.2) is 42.6 Å². The molecule has 1 aliphatic rings. The first-order valence-corrected chi connectivity index (χ1v) is 10.7. The summed E-state index contributed by atoms with van der Waals surface area (Å²) < 4.78 is 7.22. The topological polar surface area (TPSA) is 96.8 Å². The average Bonchev–Trinajstić information content (AvgIpc) is 3.30. The Balaban J connectivity index is 1.68. The number of carbonyl (C=O) groups is 1. The molecule has 0 bridgehead atoms. The van der Waals surface area contributed by atoms with E-state index in [1.54, 1.807) is 22.9 Å². The summed E-state index contributed by atoms with van der Waals surface area (Å²) in [6.45, 7) is 2.71. The molecule has 10 nitrogen and oxygen atoms in total. The summed E-state index contributed by atoms with van der Waals surface area (Å²) in [6, 6.07) is 11.1. The van der Waals surface area contributed by atoms with Gasteiger partial charge in [-0.3, -0.25) is 19.4 Å². The Morgan fingerprint density at radius 1 is 1.15 bits per heavy atom. The molecule has 33 heavy (non-hydrogen) atoms. The summed E-state index contributed by atoms with van der Waals surface area (Å²) in [4.78, 5) is 25.4. The molecule has 3 heterocycles. The van der Waals surface area contributed by atoms with E-state index in [1.165, 1.54) is 0 Å². The van der Waals surface area contributed by atoms with Crippen LogP contribution in [-0.2, 0) is 16.6 Å². The van der Waals surface area contributed by atoms with Crippen molar-refractivity contribution in [3.63, 3.8) is 0 Å². The van der Waals surface area contributed by atoms with Crippen molar-refractivity contribution in [2.24, 2.45) is 7.05 Å². The third kappa shape index (κ3) is 4.91. The van der Waals surface area contributed by atoms with Crippen molar-refractivity contribution < 1.29 is 14.4 Å². The molecule has 4 rings (SSSR count). The number of morpholine rings is 1. The minimum atomic E-state index is -0.294. The van der Waals surface area contributed by atoms with Crippen LogP contribution < -0.4 is 20.6 Å². The molecule has 0 radical (unpaired) electrons. The fourth-order valence-electron chi connectivity index (χ4n) is 3.74. The van der Waals surface area contributed by atoms with E-state index in [2.05, 4.69) is 25.6 Å². The Morgan fingerprint density at radius 2 is 1.94 bits per heavy atom. The Hall–Kier alpha value is -3.63. The number of carbonyl (C=O) groups excluding carboxylic acids is 1. The van der Waals surface area contributed by atoms with Crippen LogP contribution in [0.25, 0.3) is 11.4 Å². The van der Waals surface area contributed by atoms with Crippen LogP contribution in [0.2, 0.25) is 0 Å². The number of anilines is 4. The highest BCUT2D eigenvalue weighted by Gasteiger charge is 2.21. The average molecular weight is 452 g/mol. The van der Waals surface area contributed by atoms with Crippen LogP contribution in [-0.4, -0.2) is 68.2 Å². The van der Waals surface area contributed by atoms with E-state index in [1.807, 2.05) is 57.7 Å². The lowest BCUT2D eigenvalue weighted by Crippen LogP contribution is -2.37. The van der Waals surface area contributed by atoms with Gasteiger partial charge < -0.3 is 20.3 Å². The number of nitrogens with zero attached hydrogens (tertiary/aromatic N) is 5. The molecule has 0 aliphatic carbocycles. The highest BCUT2D eigenvalue weighted by Crippen LogP contribution is 2.38. The number of rotatable bonds is 7. The summed E-state index contributed by atoms with van der Waals surface area (Å²) in [5.74, 6) is -0.294. The van der Waals surface area contributed by atoms with Gasteiger partial charge in [0.2, 0.25) is 0 Å². The molecule has 174 valence electrons. The van der Waals surface area contributed by atoms with E-state index in [0.717, 1.165) is 30.2 Å². The lowest BCUT2D eigenvalue weighted by Gasteiger charge is -2.32. The van der Waals surface area contributed by atoms with E-state index in [-0.39, 0.29) is 5.91 Å². The molecule has 0 unspecified atom stereocenters. The van der Waals surface area contributed by atoms with Crippen LogP contribution in [0, 0.1) is 0 Å². The number of benzene rings is 1. The number of aromatic nitrogens is 3. The lowest BCUT2D eigenvalue weighted by molar-refractivity contribution is 0.102. The highest BCUT2D eigenvalue weighted by molar-refractivity contribution is 6.06. The lowest BCUT2D eigenvalue weighted by atomic mass is 10.1. The Labute approximate surface area is 193 Å². The molecule has 2 N–H and O–H groups in total. The quantitative estimate of drug-likeness (QED) is 0.529. The second-order valence-corrected chi connectivity index (χ2v) is 7.65. The van der Waals surface area contributed by atoms with Gasteiger partial charge in [-0.15, -0.1) is 0 Å². The molecule has 1 saturated heterocycles. The smallest absolute Gasteiger partial charge is 0.274 e. The Kier molecular flexibility index (Phi) is 6.76. The SMILES string of the molecule is CNc1cc(NC(=O)c2cccc(-c3ccn(C)n3)n2)c(N2CCOCC2)cc1N(C)OC. The zero-order valence-corrected chi connectivity index (χ0v) is 19.3. The van der Waals surface area contributed by atoms with Crippen molar-refractivity contribution in [2.45, 2.75) is 0 Å². The van der Waals surface area contributed by atoms with E-state index >= 15 is 0 Å². The maximum Gasteiger partial charge on any atom is 0.274 e. The number of pyridine rings is 1. The maximum atomic E-state index is 13.2. The summed E-state index contributed by atoms with van der Waals surface area (Å²) in [5.41, 5.74) is 4.93. The second-order valence-electron chi connectivity index (χ2n) is 7.65. The number of aryl methyl sites for hydroxylation is 1. The minimum absolute atomic E-state index is 0.294. The van der Waals surface area contributed by atoms with Crippen molar-refractivity contribution in [2.75, 3.05) is 68.1 Å². The minimum Gasteiger partial charge on any atom is -0.386 e. The van der Waals surface area contributed by atoms with Crippen LogP contribution in [0.1, 0.15) is 10.5 Å². The molecule has 1 amide bonds. The van der Waals surface area contributed by atoms with Crippen LogP contribution in [0.4, 0.5) is 22.7 Å². The zero-order valence-electron chi connectivity index (χ0n) is 19.3. The molecule has 1 aromatic carbocycles. The number of hydroxylamine groups is 1. The van der Waals surface area contributed by atoms with Gasteiger partial charge in [-0.2, -0.15) is 5.10 Å². The van der Waals surface area contributed by atoms with Crippen molar-refractivity contribution in [3.8, 4) is 11.4 Å². The van der Waals surface area contributed by atoms with Gasteiger partial charge in [0.05, 0.1) is 48.8 Å². The molecular weight excluding hydrogens is 422 g/mol. The molecular formula is C23H29N7O3. The molecule has 0 atom stereocenters. The summed E-state index contributed by atoms with van der Waals surface area (Å²) in [6.07, 6.45) is 1.84. The number of amides is 1. The van der Waals surface area contributed by atoms with E-state index in [0.29, 0.717) is 36.0 Å². The molecule has 3 aromatic rings. The predicted molar refractivity (Wildman–Crippen MR) is 129 cm³/mol. The predicted octanol–water partition coefficient (Wildman–Crippen LogP) is 2.61. The van der Waals surface area contributed by atoms with Gasteiger partial charge in [0, 0.05) is 40.4 Å². The second kappa shape index (κ2) is 9.88. The van der Waals surface area contributed by atoms with Crippen LogP contribution in [0.3, 0.4) is 0 Å². The van der Waals surface area contributed by atoms with Crippen molar-refractivity contribution in [1.82, 2.24) is 14.8 Å². The fraction of sp³-hybridized carbons (Fsp3) is 0.348. The molecule has 2 aromatic heterocycles. The molecule has 0 spiro atoms. The molecule has 10 heteroatoms. The number of hydrogen-bond acceptors (Lipinski definition) is 8. The number of ether oxygens (including phenoxy) is 1. The third-order valence-electron chi connectivity index (χ3n) is 5.55. The van der Waals surface area contributed by atoms with Crippen molar-refractivity contribution in [1.29, 1.82) is 0 Å². The fourth-order valence-corrected chi connectivity index (χ4v) is 3.74. The third-order valence-corrected chi connectivity index (χ3v) is 5.55. The van der Waals surface area contributed by atoms with Crippen molar-refractivity contribution >= 4 is 28.7 Å². The van der Waals surface area contributed by atoms with Gasteiger partial charge in [0.1, 0.15) is 11.4 Å². The van der Waals surface area contributed by atoms with Gasteiger partial charge in [-0.25, -0.2) is 4.98 Å².